The molecule has 0 aliphatic carbocycles. The number of carbonyl (C=O) groups is 1. The first-order valence-corrected chi connectivity index (χ1v) is 7.93. The van der Waals surface area contributed by atoms with Gasteiger partial charge in [-0.1, -0.05) is 44.5 Å². The first-order chi connectivity index (χ1) is 10.1. The van der Waals surface area contributed by atoms with Gasteiger partial charge in [0, 0.05) is 16.1 Å². The van der Waals surface area contributed by atoms with Crippen LogP contribution in [0.15, 0.2) is 36.4 Å². The van der Waals surface area contributed by atoms with Crippen molar-refractivity contribution in [3.05, 3.63) is 69.2 Å². The summed E-state index contributed by atoms with van der Waals surface area (Å²) in [5, 5.41) is 0.652. The molecule has 0 spiro atoms. The summed E-state index contributed by atoms with van der Waals surface area (Å²) in [6.45, 7) is 6.36. The molecule has 2 aromatic rings. The molecule has 1 nitrogen and oxygen atoms in total. The largest absolute Gasteiger partial charge is 0.289 e. The van der Waals surface area contributed by atoms with Crippen LogP contribution in [0.25, 0.3) is 0 Å². The Labute approximate surface area is 132 Å². The Morgan fingerprint density at radius 1 is 0.905 bits per heavy atom. The van der Waals surface area contributed by atoms with Gasteiger partial charge in [-0.05, 0) is 60.2 Å². The standard InChI is InChI=1S/C19H21ClO/c1-4-13-11-14(5-2)18(15(6-3)12-13)19(21)16-7-9-17(20)10-8-16/h7-12H,4-6H2,1-3H3. The van der Waals surface area contributed by atoms with Gasteiger partial charge in [-0.3, -0.25) is 4.79 Å². The van der Waals surface area contributed by atoms with Crippen LogP contribution < -0.4 is 0 Å². The Morgan fingerprint density at radius 3 is 1.86 bits per heavy atom. The molecule has 0 aliphatic rings. The Bertz CT molecular complexity index is 616. The van der Waals surface area contributed by atoms with E-state index in [1.54, 1.807) is 24.3 Å². The maximum absolute atomic E-state index is 12.9. The van der Waals surface area contributed by atoms with Crippen molar-refractivity contribution >= 4 is 17.4 Å². The highest BCUT2D eigenvalue weighted by molar-refractivity contribution is 6.30. The summed E-state index contributed by atoms with van der Waals surface area (Å²) in [6.07, 6.45) is 2.74. The number of ketones is 1. The van der Waals surface area contributed by atoms with E-state index in [9.17, 15) is 4.79 Å². The third-order valence-corrected chi connectivity index (χ3v) is 4.12. The summed E-state index contributed by atoms with van der Waals surface area (Å²) in [5.41, 5.74) is 5.17. The van der Waals surface area contributed by atoms with Gasteiger partial charge in [-0.25, -0.2) is 0 Å². The van der Waals surface area contributed by atoms with E-state index in [0.717, 1.165) is 36.0 Å². The second kappa shape index (κ2) is 6.91. The molecule has 110 valence electrons. The molecule has 2 rings (SSSR count). The zero-order valence-corrected chi connectivity index (χ0v) is 13.6. The topological polar surface area (TPSA) is 17.1 Å². The van der Waals surface area contributed by atoms with Crippen LogP contribution in [0.5, 0.6) is 0 Å². The minimum absolute atomic E-state index is 0.100. The van der Waals surface area contributed by atoms with E-state index in [-0.39, 0.29) is 5.78 Å². The number of hydrogen-bond acceptors (Lipinski definition) is 1. The molecule has 2 aromatic carbocycles. The van der Waals surface area contributed by atoms with Crippen molar-refractivity contribution in [1.82, 2.24) is 0 Å². The highest BCUT2D eigenvalue weighted by atomic mass is 35.5. The third-order valence-electron chi connectivity index (χ3n) is 3.87. The Balaban J connectivity index is 2.55. The van der Waals surface area contributed by atoms with E-state index < -0.39 is 0 Å². The molecule has 0 aromatic heterocycles. The molecule has 2 heteroatoms. The summed E-state index contributed by atoms with van der Waals surface area (Å²) >= 11 is 5.91. The summed E-state index contributed by atoms with van der Waals surface area (Å²) in [5.74, 6) is 0.100. The summed E-state index contributed by atoms with van der Waals surface area (Å²) in [6, 6.07) is 11.5. The fourth-order valence-corrected chi connectivity index (χ4v) is 2.76. The van der Waals surface area contributed by atoms with Crippen molar-refractivity contribution in [2.75, 3.05) is 0 Å². The number of halogens is 1. The van der Waals surface area contributed by atoms with Gasteiger partial charge >= 0.3 is 0 Å². The van der Waals surface area contributed by atoms with E-state index in [4.69, 9.17) is 11.6 Å². The van der Waals surface area contributed by atoms with Crippen LogP contribution in [0.2, 0.25) is 5.02 Å². The molecule has 0 radical (unpaired) electrons. The zero-order valence-electron chi connectivity index (χ0n) is 12.9. The van der Waals surface area contributed by atoms with Crippen molar-refractivity contribution in [3.8, 4) is 0 Å². The summed E-state index contributed by atoms with van der Waals surface area (Å²) in [4.78, 5) is 12.9. The quantitative estimate of drug-likeness (QED) is 0.689. The lowest BCUT2D eigenvalue weighted by molar-refractivity contribution is 0.103. The lowest BCUT2D eigenvalue weighted by Gasteiger charge is -2.14. The first-order valence-electron chi connectivity index (χ1n) is 7.55. The number of aryl methyl sites for hydroxylation is 3. The molecule has 0 fully saturated rings. The molecule has 0 N–H and O–H groups in total. The van der Waals surface area contributed by atoms with Crippen LogP contribution in [-0.4, -0.2) is 5.78 Å². The van der Waals surface area contributed by atoms with E-state index in [1.807, 2.05) is 0 Å². The molecule has 0 unspecified atom stereocenters. The second-order valence-corrected chi connectivity index (χ2v) is 5.62. The van der Waals surface area contributed by atoms with Crippen LogP contribution >= 0.6 is 11.6 Å². The molecule has 0 bridgehead atoms. The van der Waals surface area contributed by atoms with Crippen LogP contribution in [0.3, 0.4) is 0 Å². The van der Waals surface area contributed by atoms with Crippen LogP contribution in [0, 0.1) is 0 Å². The molecule has 21 heavy (non-hydrogen) atoms. The Kier molecular flexibility index (Phi) is 5.19. The molecular formula is C19H21ClO. The highest BCUT2D eigenvalue weighted by Gasteiger charge is 2.17. The van der Waals surface area contributed by atoms with Gasteiger partial charge in [-0.2, -0.15) is 0 Å². The number of rotatable bonds is 5. The maximum Gasteiger partial charge on any atom is 0.193 e. The van der Waals surface area contributed by atoms with Gasteiger partial charge in [0.25, 0.3) is 0 Å². The molecule has 0 amide bonds. The smallest absolute Gasteiger partial charge is 0.193 e. The lowest BCUT2D eigenvalue weighted by Crippen LogP contribution is -2.10. The molecule has 0 saturated heterocycles. The SMILES string of the molecule is CCc1cc(CC)c(C(=O)c2ccc(Cl)cc2)c(CC)c1. The minimum Gasteiger partial charge on any atom is -0.289 e. The molecule has 0 saturated carbocycles. The van der Waals surface area contributed by atoms with Crippen LogP contribution in [0.1, 0.15) is 53.4 Å². The van der Waals surface area contributed by atoms with Crippen molar-refractivity contribution in [3.63, 3.8) is 0 Å². The van der Waals surface area contributed by atoms with Gasteiger partial charge < -0.3 is 0 Å². The van der Waals surface area contributed by atoms with E-state index in [1.165, 1.54) is 5.56 Å². The average molecular weight is 301 g/mol. The van der Waals surface area contributed by atoms with Crippen molar-refractivity contribution in [2.24, 2.45) is 0 Å². The fraction of sp³-hybridized carbons (Fsp3) is 0.316. The monoisotopic (exact) mass is 300 g/mol. The predicted molar refractivity (Wildman–Crippen MR) is 89.5 cm³/mol. The average Bonchev–Trinajstić information content (AvgIpc) is 2.53. The first kappa shape index (κ1) is 15.8. The lowest BCUT2D eigenvalue weighted by atomic mass is 9.89. The fourth-order valence-electron chi connectivity index (χ4n) is 2.64. The predicted octanol–water partition coefficient (Wildman–Crippen LogP) is 5.26. The van der Waals surface area contributed by atoms with Gasteiger partial charge in [0.1, 0.15) is 0 Å². The second-order valence-electron chi connectivity index (χ2n) is 5.19. The van der Waals surface area contributed by atoms with Gasteiger partial charge in [-0.15, -0.1) is 0 Å². The van der Waals surface area contributed by atoms with Crippen molar-refractivity contribution < 1.29 is 4.79 Å². The van der Waals surface area contributed by atoms with Crippen LogP contribution in [-0.2, 0) is 19.3 Å². The number of benzene rings is 2. The molecular weight excluding hydrogens is 280 g/mol. The summed E-state index contributed by atoms with van der Waals surface area (Å²) < 4.78 is 0. The van der Waals surface area contributed by atoms with E-state index in [2.05, 4.69) is 32.9 Å². The Morgan fingerprint density at radius 2 is 1.43 bits per heavy atom. The van der Waals surface area contributed by atoms with E-state index in [0.29, 0.717) is 10.6 Å². The molecule has 0 heterocycles. The maximum atomic E-state index is 12.9. The van der Waals surface area contributed by atoms with Crippen molar-refractivity contribution in [2.45, 2.75) is 40.0 Å². The number of hydrogen-bond donors (Lipinski definition) is 0. The highest BCUT2D eigenvalue weighted by Crippen LogP contribution is 2.24. The Hall–Kier alpha value is -1.60. The van der Waals surface area contributed by atoms with Gasteiger partial charge in [0.15, 0.2) is 5.78 Å². The molecule has 0 aliphatic heterocycles. The van der Waals surface area contributed by atoms with Gasteiger partial charge in [0.05, 0.1) is 0 Å². The zero-order chi connectivity index (χ0) is 15.4. The summed E-state index contributed by atoms with van der Waals surface area (Å²) in [7, 11) is 0. The van der Waals surface area contributed by atoms with E-state index >= 15 is 0 Å². The third kappa shape index (κ3) is 3.36. The van der Waals surface area contributed by atoms with Crippen LogP contribution in [0.4, 0.5) is 0 Å². The number of carbonyl (C=O) groups excluding carboxylic acids is 1. The van der Waals surface area contributed by atoms with Crippen molar-refractivity contribution in [1.29, 1.82) is 0 Å². The normalized spacial score (nSPS) is 10.7. The minimum atomic E-state index is 0.100. The molecule has 0 atom stereocenters. The van der Waals surface area contributed by atoms with Gasteiger partial charge in [0.2, 0.25) is 0 Å².